The highest BCUT2D eigenvalue weighted by atomic mass is 35.5. The van der Waals surface area contributed by atoms with Crippen molar-refractivity contribution in [3.8, 4) is 5.75 Å². The molecular weight excluding hydrogens is 433 g/mol. The lowest BCUT2D eigenvalue weighted by Crippen LogP contribution is -2.12. The smallest absolute Gasteiger partial charge is 0.291 e. The minimum atomic E-state index is -0.403. The van der Waals surface area contributed by atoms with Gasteiger partial charge in [-0.1, -0.05) is 29.8 Å². The number of furan rings is 1. The maximum absolute atomic E-state index is 14.0. The Balaban J connectivity index is 1.42. The van der Waals surface area contributed by atoms with Gasteiger partial charge in [0.15, 0.2) is 5.76 Å². The van der Waals surface area contributed by atoms with Crippen molar-refractivity contribution < 1.29 is 18.3 Å². The van der Waals surface area contributed by atoms with Crippen LogP contribution in [0.3, 0.4) is 0 Å². The zero-order valence-corrected chi connectivity index (χ0v) is 18.3. The number of halogens is 2. The summed E-state index contributed by atoms with van der Waals surface area (Å²) in [7, 11) is 0. The van der Waals surface area contributed by atoms with Crippen LogP contribution in [-0.4, -0.2) is 15.7 Å². The number of nitrogens with zero attached hydrogens (tertiary/aromatic N) is 2. The Hall–Kier alpha value is -3.58. The number of hydrogen-bond donors (Lipinski definition) is 1. The number of aryl methyl sites for hydroxylation is 1. The molecular formula is C24H21ClFN3O3. The summed E-state index contributed by atoms with van der Waals surface area (Å²) >= 11 is 5.86. The molecule has 0 bridgehead atoms. The van der Waals surface area contributed by atoms with Crippen molar-refractivity contribution in [1.82, 2.24) is 9.78 Å². The molecule has 0 unspecified atom stereocenters. The van der Waals surface area contributed by atoms with E-state index in [1.54, 1.807) is 66.2 Å². The van der Waals surface area contributed by atoms with Gasteiger partial charge >= 0.3 is 0 Å². The number of rotatable bonds is 7. The lowest BCUT2D eigenvalue weighted by molar-refractivity contribution is 0.0992. The van der Waals surface area contributed by atoms with Crippen molar-refractivity contribution in [2.24, 2.45) is 0 Å². The fraction of sp³-hybridized carbons (Fsp3) is 0.167. The number of hydrogen-bond acceptors (Lipinski definition) is 4. The van der Waals surface area contributed by atoms with Crippen LogP contribution in [0.25, 0.3) is 0 Å². The minimum absolute atomic E-state index is 0.153. The Morgan fingerprint density at radius 1 is 1.12 bits per heavy atom. The van der Waals surface area contributed by atoms with E-state index >= 15 is 0 Å². The first-order chi connectivity index (χ1) is 15.4. The van der Waals surface area contributed by atoms with Crippen LogP contribution in [-0.2, 0) is 13.2 Å². The first-order valence-electron chi connectivity index (χ1n) is 9.96. The van der Waals surface area contributed by atoms with Gasteiger partial charge in [0.25, 0.3) is 5.91 Å². The first-order valence-corrected chi connectivity index (χ1v) is 10.3. The lowest BCUT2D eigenvalue weighted by atomic mass is 10.2. The zero-order chi connectivity index (χ0) is 22.7. The van der Waals surface area contributed by atoms with Gasteiger partial charge < -0.3 is 14.5 Å². The summed E-state index contributed by atoms with van der Waals surface area (Å²) in [5.41, 5.74) is 2.44. The highest BCUT2D eigenvalue weighted by Gasteiger charge is 2.18. The molecule has 1 amide bonds. The normalized spacial score (nSPS) is 10.9. The number of carbonyl (C=O) groups is 1. The maximum atomic E-state index is 14.0. The first kappa shape index (κ1) is 21.6. The molecule has 0 saturated carbocycles. The van der Waals surface area contributed by atoms with Crippen LogP contribution in [0.15, 0.2) is 65.1 Å². The van der Waals surface area contributed by atoms with Crippen molar-refractivity contribution in [1.29, 1.82) is 0 Å². The van der Waals surface area contributed by atoms with E-state index in [1.165, 1.54) is 6.07 Å². The molecule has 6 nitrogen and oxygen atoms in total. The van der Waals surface area contributed by atoms with Crippen LogP contribution in [0.2, 0.25) is 5.02 Å². The number of benzene rings is 2. The van der Waals surface area contributed by atoms with Crippen molar-refractivity contribution in [2.45, 2.75) is 27.0 Å². The number of anilines is 1. The molecule has 4 rings (SSSR count). The van der Waals surface area contributed by atoms with E-state index in [1.807, 2.05) is 6.92 Å². The molecule has 164 valence electrons. The molecule has 0 aliphatic heterocycles. The average Bonchev–Trinajstić information content (AvgIpc) is 3.35. The molecule has 8 heteroatoms. The van der Waals surface area contributed by atoms with E-state index in [-0.39, 0.29) is 24.7 Å². The molecule has 32 heavy (non-hydrogen) atoms. The molecule has 2 aromatic carbocycles. The summed E-state index contributed by atoms with van der Waals surface area (Å²) in [6.07, 6.45) is 0. The van der Waals surface area contributed by atoms with E-state index in [2.05, 4.69) is 10.4 Å². The van der Waals surface area contributed by atoms with Gasteiger partial charge in [-0.2, -0.15) is 5.10 Å². The van der Waals surface area contributed by atoms with Gasteiger partial charge in [-0.05, 0) is 56.3 Å². The van der Waals surface area contributed by atoms with Crippen LogP contribution < -0.4 is 10.1 Å². The number of amides is 1. The summed E-state index contributed by atoms with van der Waals surface area (Å²) in [6.45, 7) is 4.05. The van der Waals surface area contributed by atoms with Gasteiger partial charge in [-0.3, -0.25) is 9.48 Å². The number of aromatic nitrogens is 2. The second-order valence-corrected chi connectivity index (χ2v) is 7.69. The Kier molecular flexibility index (Phi) is 6.28. The minimum Gasteiger partial charge on any atom is -0.486 e. The van der Waals surface area contributed by atoms with E-state index in [0.717, 1.165) is 5.69 Å². The second kappa shape index (κ2) is 9.28. The van der Waals surface area contributed by atoms with Crippen LogP contribution in [0.1, 0.15) is 33.3 Å². The molecule has 1 N–H and O–H groups in total. The van der Waals surface area contributed by atoms with Crippen molar-refractivity contribution in [3.63, 3.8) is 0 Å². The van der Waals surface area contributed by atoms with Crippen LogP contribution in [0, 0.1) is 19.7 Å². The van der Waals surface area contributed by atoms with Crippen LogP contribution >= 0.6 is 11.6 Å². The summed E-state index contributed by atoms with van der Waals surface area (Å²) in [6, 6.07) is 16.8. The fourth-order valence-electron chi connectivity index (χ4n) is 3.26. The predicted octanol–water partition coefficient (Wildman–Crippen LogP) is 5.77. The Morgan fingerprint density at radius 2 is 1.88 bits per heavy atom. The molecule has 2 heterocycles. The highest BCUT2D eigenvalue weighted by molar-refractivity contribution is 6.30. The Morgan fingerprint density at radius 3 is 2.62 bits per heavy atom. The topological polar surface area (TPSA) is 69.3 Å². The van der Waals surface area contributed by atoms with Crippen molar-refractivity contribution in [3.05, 3.63) is 100.0 Å². The Labute approximate surface area is 189 Å². The molecule has 0 saturated heterocycles. The third kappa shape index (κ3) is 4.84. The zero-order valence-electron chi connectivity index (χ0n) is 17.6. The molecule has 0 spiro atoms. The third-order valence-electron chi connectivity index (χ3n) is 4.98. The standard InChI is InChI=1S/C24H21ClFN3O3/c1-15-23(16(2)29(28-15)13-17-5-3-4-6-21(17)26)27-24(30)22-12-11-20(32-22)14-31-19-9-7-18(25)8-10-19/h3-12H,13-14H2,1-2H3,(H,27,30). The number of ether oxygens (including phenoxy) is 1. The summed E-state index contributed by atoms with van der Waals surface area (Å²) in [5, 5.41) is 7.91. The molecule has 2 aromatic heterocycles. The fourth-order valence-corrected chi connectivity index (χ4v) is 3.38. The van der Waals surface area contributed by atoms with E-state index in [4.69, 9.17) is 20.8 Å². The maximum Gasteiger partial charge on any atom is 0.291 e. The summed E-state index contributed by atoms with van der Waals surface area (Å²) < 4.78 is 26.9. The molecule has 4 aromatic rings. The van der Waals surface area contributed by atoms with Gasteiger partial charge in [0.1, 0.15) is 23.9 Å². The summed E-state index contributed by atoms with van der Waals surface area (Å²) in [5.74, 6) is 0.605. The molecule has 0 fully saturated rings. The van der Waals surface area contributed by atoms with Gasteiger partial charge in [-0.15, -0.1) is 0 Å². The monoisotopic (exact) mass is 453 g/mol. The Bertz CT molecular complexity index is 1250. The molecule has 0 aliphatic carbocycles. The lowest BCUT2D eigenvalue weighted by Gasteiger charge is -2.07. The third-order valence-corrected chi connectivity index (χ3v) is 5.23. The van der Waals surface area contributed by atoms with Gasteiger partial charge in [0.05, 0.1) is 23.6 Å². The largest absolute Gasteiger partial charge is 0.486 e. The van der Waals surface area contributed by atoms with E-state index < -0.39 is 5.91 Å². The quantitative estimate of drug-likeness (QED) is 0.386. The van der Waals surface area contributed by atoms with Gasteiger partial charge in [0.2, 0.25) is 0 Å². The van der Waals surface area contributed by atoms with Crippen LogP contribution in [0.4, 0.5) is 10.1 Å². The predicted molar refractivity (Wildman–Crippen MR) is 120 cm³/mol. The molecule has 0 radical (unpaired) electrons. The number of carbonyl (C=O) groups excluding carboxylic acids is 1. The van der Waals surface area contributed by atoms with Crippen molar-refractivity contribution in [2.75, 3.05) is 5.32 Å². The number of nitrogens with one attached hydrogen (secondary N) is 1. The average molecular weight is 454 g/mol. The van der Waals surface area contributed by atoms with Gasteiger partial charge in [0, 0.05) is 10.6 Å². The van der Waals surface area contributed by atoms with E-state index in [9.17, 15) is 9.18 Å². The summed E-state index contributed by atoms with van der Waals surface area (Å²) in [4.78, 5) is 12.7. The molecule has 0 aliphatic rings. The van der Waals surface area contributed by atoms with Crippen LogP contribution in [0.5, 0.6) is 5.75 Å². The van der Waals surface area contributed by atoms with E-state index in [0.29, 0.717) is 33.5 Å². The van der Waals surface area contributed by atoms with Gasteiger partial charge in [-0.25, -0.2) is 4.39 Å². The molecule has 0 atom stereocenters. The highest BCUT2D eigenvalue weighted by Crippen LogP contribution is 2.23. The van der Waals surface area contributed by atoms with Crippen molar-refractivity contribution >= 4 is 23.2 Å². The second-order valence-electron chi connectivity index (χ2n) is 7.26. The SMILES string of the molecule is Cc1nn(Cc2ccccc2F)c(C)c1NC(=O)c1ccc(COc2ccc(Cl)cc2)o1.